The molecule has 4 rings (SSSR count). The van der Waals surface area contributed by atoms with E-state index in [9.17, 15) is 5.11 Å². The van der Waals surface area contributed by atoms with Gasteiger partial charge in [0.25, 0.3) is 6.01 Å². The summed E-state index contributed by atoms with van der Waals surface area (Å²) in [6.45, 7) is 4.19. The van der Waals surface area contributed by atoms with E-state index >= 15 is 0 Å². The number of aromatic hydroxyl groups is 1. The number of nitrogens with zero attached hydrogens (tertiary/aromatic N) is 5. The van der Waals surface area contributed by atoms with Crippen LogP contribution in [0.4, 0.5) is 0 Å². The molecule has 0 fully saturated rings. The number of aryl methyl sites for hydroxylation is 1. The van der Waals surface area contributed by atoms with Gasteiger partial charge < -0.3 is 5.11 Å². The third kappa shape index (κ3) is 2.44. The molecule has 6 nitrogen and oxygen atoms in total. The highest BCUT2D eigenvalue weighted by atomic mass is 35.5. The predicted molar refractivity (Wildman–Crippen MR) is 104 cm³/mol. The van der Waals surface area contributed by atoms with E-state index in [2.05, 4.69) is 35.0 Å². The topological polar surface area (TPSA) is 68.8 Å². The van der Waals surface area contributed by atoms with Crippen molar-refractivity contribution < 1.29 is 5.11 Å². The molecule has 0 amide bonds. The molecule has 26 heavy (non-hydrogen) atoms. The van der Waals surface area contributed by atoms with Crippen LogP contribution in [-0.2, 0) is 7.05 Å². The Morgan fingerprint density at radius 1 is 1.19 bits per heavy atom. The van der Waals surface area contributed by atoms with Crippen LogP contribution in [0.25, 0.3) is 33.2 Å². The lowest BCUT2D eigenvalue weighted by molar-refractivity contribution is 0.362. The summed E-state index contributed by atoms with van der Waals surface area (Å²) in [5.74, 6) is 0. The Morgan fingerprint density at radius 2 is 1.96 bits per heavy atom. The molecule has 0 aliphatic heterocycles. The zero-order valence-electron chi connectivity index (χ0n) is 14.9. The lowest BCUT2D eigenvalue weighted by atomic mass is 10.0. The SMILES string of the molecule is CCC(CC)n1c(O)nc2ncc(Cl)c(-c3ccc4c(cnn4C)c3)c21. The first kappa shape index (κ1) is 16.8. The highest BCUT2D eigenvalue weighted by Crippen LogP contribution is 2.39. The molecule has 0 unspecified atom stereocenters. The van der Waals surface area contributed by atoms with Crippen LogP contribution in [0.3, 0.4) is 0 Å². The Labute approximate surface area is 156 Å². The van der Waals surface area contributed by atoms with Crippen molar-refractivity contribution in [2.75, 3.05) is 0 Å². The first-order valence-corrected chi connectivity index (χ1v) is 9.10. The van der Waals surface area contributed by atoms with Crippen molar-refractivity contribution in [3.63, 3.8) is 0 Å². The molecular weight excluding hydrogens is 350 g/mol. The van der Waals surface area contributed by atoms with Gasteiger partial charge in [-0.2, -0.15) is 10.1 Å². The maximum absolute atomic E-state index is 10.5. The highest BCUT2D eigenvalue weighted by molar-refractivity contribution is 6.34. The van der Waals surface area contributed by atoms with Gasteiger partial charge in [-0.25, -0.2) is 4.98 Å². The summed E-state index contributed by atoms with van der Waals surface area (Å²) >= 11 is 6.56. The van der Waals surface area contributed by atoms with E-state index in [0.717, 1.165) is 40.4 Å². The fourth-order valence-electron chi connectivity index (χ4n) is 3.62. The van der Waals surface area contributed by atoms with E-state index < -0.39 is 0 Å². The molecule has 3 aromatic heterocycles. The van der Waals surface area contributed by atoms with Crippen molar-refractivity contribution in [3.05, 3.63) is 35.6 Å². The van der Waals surface area contributed by atoms with Crippen molar-refractivity contribution in [1.82, 2.24) is 24.3 Å². The summed E-state index contributed by atoms with van der Waals surface area (Å²) in [5.41, 5.74) is 4.11. The van der Waals surface area contributed by atoms with E-state index in [-0.39, 0.29) is 12.1 Å². The summed E-state index contributed by atoms with van der Waals surface area (Å²) in [7, 11) is 1.92. The smallest absolute Gasteiger partial charge is 0.296 e. The van der Waals surface area contributed by atoms with E-state index in [1.165, 1.54) is 0 Å². The Balaban J connectivity index is 2.05. The standard InChI is InChI=1S/C19H20ClN5O/c1-4-13(5-2)25-17-16(14(20)10-21-18(17)23-19(25)26)11-6-7-15-12(8-11)9-22-24(15)3/h6-10,13H,4-5H2,1-3H3,(H,21,23,26). The van der Waals surface area contributed by atoms with E-state index in [1.54, 1.807) is 6.20 Å². The molecule has 1 aromatic carbocycles. The molecular formula is C19H20ClN5O. The second kappa shape index (κ2) is 6.29. The van der Waals surface area contributed by atoms with Gasteiger partial charge in [-0.05, 0) is 30.5 Å². The van der Waals surface area contributed by atoms with Gasteiger partial charge in [-0.15, -0.1) is 0 Å². The van der Waals surface area contributed by atoms with Crippen molar-refractivity contribution in [2.45, 2.75) is 32.7 Å². The van der Waals surface area contributed by atoms with Crippen LogP contribution in [-0.4, -0.2) is 29.4 Å². The first-order chi connectivity index (χ1) is 12.5. The first-order valence-electron chi connectivity index (χ1n) is 8.72. The van der Waals surface area contributed by atoms with Gasteiger partial charge in [0.1, 0.15) is 5.52 Å². The number of imidazole rings is 1. The fourth-order valence-corrected chi connectivity index (χ4v) is 3.87. The van der Waals surface area contributed by atoms with Gasteiger partial charge in [0.05, 0.1) is 16.7 Å². The summed E-state index contributed by atoms with van der Waals surface area (Å²) in [6, 6.07) is 6.21. The summed E-state index contributed by atoms with van der Waals surface area (Å²) in [5, 5.41) is 16.3. The Hall–Kier alpha value is -2.60. The molecule has 0 aliphatic carbocycles. The van der Waals surface area contributed by atoms with Crippen molar-refractivity contribution in [3.8, 4) is 17.1 Å². The molecule has 0 bridgehead atoms. The molecule has 0 saturated heterocycles. The summed E-state index contributed by atoms with van der Waals surface area (Å²) < 4.78 is 3.69. The second-order valence-corrected chi connectivity index (χ2v) is 6.85. The number of pyridine rings is 1. The quantitative estimate of drug-likeness (QED) is 0.565. The van der Waals surface area contributed by atoms with Crippen LogP contribution >= 0.6 is 11.6 Å². The Morgan fingerprint density at radius 3 is 2.69 bits per heavy atom. The third-order valence-corrected chi connectivity index (χ3v) is 5.28. The summed E-state index contributed by atoms with van der Waals surface area (Å²) in [4.78, 5) is 8.58. The van der Waals surface area contributed by atoms with Gasteiger partial charge in [0, 0.05) is 30.2 Å². The molecule has 1 N–H and O–H groups in total. The van der Waals surface area contributed by atoms with E-state index in [0.29, 0.717) is 10.7 Å². The molecule has 0 spiro atoms. The van der Waals surface area contributed by atoms with Gasteiger partial charge in [0.2, 0.25) is 0 Å². The van der Waals surface area contributed by atoms with E-state index in [4.69, 9.17) is 11.6 Å². The van der Waals surface area contributed by atoms with Crippen LogP contribution in [0.5, 0.6) is 6.01 Å². The van der Waals surface area contributed by atoms with Gasteiger partial charge >= 0.3 is 0 Å². The molecule has 0 atom stereocenters. The molecule has 0 aliphatic rings. The minimum Gasteiger partial charge on any atom is -0.480 e. The molecule has 0 radical (unpaired) electrons. The highest BCUT2D eigenvalue weighted by Gasteiger charge is 2.22. The lowest BCUT2D eigenvalue weighted by Gasteiger charge is -2.18. The molecule has 0 saturated carbocycles. The van der Waals surface area contributed by atoms with Gasteiger partial charge in [0.15, 0.2) is 5.65 Å². The zero-order chi connectivity index (χ0) is 18.4. The average molecular weight is 370 g/mol. The second-order valence-electron chi connectivity index (χ2n) is 6.45. The monoisotopic (exact) mass is 369 g/mol. The maximum Gasteiger partial charge on any atom is 0.296 e. The van der Waals surface area contributed by atoms with Crippen molar-refractivity contribution in [2.24, 2.45) is 7.05 Å². The maximum atomic E-state index is 10.5. The molecule has 134 valence electrons. The lowest BCUT2D eigenvalue weighted by Crippen LogP contribution is -2.07. The van der Waals surface area contributed by atoms with Crippen LogP contribution in [0.15, 0.2) is 30.6 Å². The summed E-state index contributed by atoms with van der Waals surface area (Å²) in [6.07, 6.45) is 5.18. The van der Waals surface area contributed by atoms with Gasteiger partial charge in [-0.3, -0.25) is 9.25 Å². The number of aromatic nitrogens is 5. The van der Waals surface area contributed by atoms with Gasteiger partial charge in [-0.1, -0.05) is 31.5 Å². The number of benzene rings is 1. The predicted octanol–water partition coefficient (Wildman–Crippen LogP) is 4.71. The Bertz CT molecular complexity index is 1110. The minimum absolute atomic E-state index is 0.0211. The number of rotatable bonds is 4. The van der Waals surface area contributed by atoms with Crippen LogP contribution in [0.1, 0.15) is 32.7 Å². The number of halogens is 1. The average Bonchev–Trinajstić information content (AvgIpc) is 3.16. The molecule has 3 heterocycles. The van der Waals surface area contributed by atoms with Crippen molar-refractivity contribution in [1.29, 1.82) is 0 Å². The third-order valence-electron chi connectivity index (χ3n) is 4.99. The van der Waals surface area contributed by atoms with E-state index in [1.807, 2.05) is 34.6 Å². The number of fused-ring (bicyclic) bond motifs is 2. The zero-order valence-corrected chi connectivity index (χ0v) is 15.7. The molecule has 4 aromatic rings. The molecule has 7 heteroatoms. The van der Waals surface area contributed by atoms with Crippen molar-refractivity contribution >= 4 is 33.7 Å². The number of hydrogen-bond acceptors (Lipinski definition) is 4. The fraction of sp³-hybridized carbons (Fsp3) is 0.316. The number of hydrogen-bond donors (Lipinski definition) is 1. The largest absolute Gasteiger partial charge is 0.480 e. The van der Waals surface area contributed by atoms with Crippen LogP contribution < -0.4 is 0 Å². The van der Waals surface area contributed by atoms with Crippen LogP contribution in [0.2, 0.25) is 5.02 Å². The van der Waals surface area contributed by atoms with Crippen LogP contribution in [0, 0.1) is 0 Å². The minimum atomic E-state index is -0.0211. The Kier molecular flexibility index (Phi) is 4.07. The normalized spacial score (nSPS) is 11.9.